The van der Waals surface area contributed by atoms with Crippen LogP contribution in [0.1, 0.15) is 52.1 Å². The molecule has 0 N–H and O–H groups in total. The molecule has 4 heterocycles. The molecule has 0 radical (unpaired) electrons. The van der Waals surface area contributed by atoms with Gasteiger partial charge < -0.3 is 14.2 Å². The summed E-state index contributed by atoms with van der Waals surface area (Å²) in [6.07, 6.45) is 3.33. The lowest BCUT2D eigenvalue weighted by Gasteiger charge is -2.32. The van der Waals surface area contributed by atoms with E-state index in [1.807, 2.05) is 50.8 Å². The number of hydrogen-bond donors (Lipinski definition) is 0. The van der Waals surface area contributed by atoms with E-state index >= 15 is 0 Å². The van der Waals surface area contributed by atoms with Crippen molar-refractivity contribution in [3.05, 3.63) is 59.8 Å². The van der Waals surface area contributed by atoms with Gasteiger partial charge in [0, 0.05) is 23.8 Å². The molecule has 2 aliphatic heterocycles. The van der Waals surface area contributed by atoms with E-state index < -0.39 is 30.0 Å². The molecule has 5 nitrogen and oxygen atoms in total. The zero-order valence-corrected chi connectivity index (χ0v) is 18.7. The monoisotopic (exact) mass is 437 g/mol. The van der Waals surface area contributed by atoms with Crippen LogP contribution in [0, 0.1) is 11.6 Å². The summed E-state index contributed by atoms with van der Waals surface area (Å²) in [5.74, 6) is -0.134. The van der Waals surface area contributed by atoms with Crippen LogP contribution in [0.4, 0.5) is 14.6 Å². The largest absolute Gasteiger partial charge is 0.497 e. The summed E-state index contributed by atoms with van der Waals surface area (Å²) in [6, 6.07) is 9.02. The lowest BCUT2D eigenvalue weighted by molar-refractivity contribution is 0.00578. The molecule has 3 aromatic rings. The van der Waals surface area contributed by atoms with Crippen LogP contribution in [-0.4, -0.2) is 34.8 Å². The van der Waals surface area contributed by atoms with Gasteiger partial charge in [-0.25, -0.2) is 13.8 Å². The Balaban J connectivity index is 1.55. The smallest absolute Gasteiger partial charge is 0.399 e. The number of nitrogens with zero attached hydrogens (tertiary/aromatic N) is 3. The first kappa shape index (κ1) is 21.3. The van der Waals surface area contributed by atoms with Crippen LogP contribution in [-0.2, 0) is 9.31 Å². The highest BCUT2D eigenvalue weighted by Gasteiger charge is 2.52. The zero-order valence-electron chi connectivity index (χ0n) is 18.7. The molecule has 1 aromatic carbocycles. The van der Waals surface area contributed by atoms with Gasteiger partial charge in [0.25, 0.3) is 0 Å². The maximum atomic E-state index is 14.5. The average molecular weight is 437 g/mol. The fourth-order valence-electron chi connectivity index (χ4n) is 4.49. The van der Waals surface area contributed by atoms with Crippen LogP contribution < -0.4 is 10.4 Å². The molecule has 0 unspecified atom stereocenters. The van der Waals surface area contributed by atoms with Crippen LogP contribution >= 0.6 is 0 Å². The zero-order chi connectivity index (χ0) is 22.7. The predicted molar refractivity (Wildman–Crippen MR) is 121 cm³/mol. The SMILES string of the molecule is CC1(C)OB(c2ccnc3ccc(N4CCC[C@@H]4c4cc(F)ccc4F)nc23)OC1(C)C. The summed E-state index contributed by atoms with van der Waals surface area (Å²) < 4.78 is 40.9. The lowest BCUT2D eigenvalue weighted by Crippen LogP contribution is -2.41. The molecule has 0 aliphatic carbocycles. The number of anilines is 1. The van der Waals surface area contributed by atoms with E-state index in [4.69, 9.17) is 14.3 Å². The van der Waals surface area contributed by atoms with Gasteiger partial charge in [0.1, 0.15) is 17.5 Å². The number of aromatic nitrogens is 2. The fourth-order valence-corrected chi connectivity index (χ4v) is 4.49. The van der Waals surface area contributed by atoms with Crippen molar-refractivity contribution in [3.63, 3.8) is 0 Å². The third-order valence-corrected chi connectivity index (χ3v) is 6.97. The van der Waals surface area contributed by atoms with E-state index in [-0.39, 0.29) is 6.04 Å². The lowest BCUT2D eigenvalue weighted by atomic mass is 9.78. The maximum Gasteiger partial charge on any atom is 0.497 e. The van der Waals surface area contributed by atoms with E-state index in [1.165, 1.54) is 12.1 Å². The molecular formula is C24H26BF2N3O2. The van der Waals surface area contributed by atoms with Crippen molar-refractivity contribution in [3.8, 4) is 0 Å². The van der Waals surface area contributed by atoms with Crippen LogP contribution in [0.25, 0.3) is 11.0 Å². The van der Waals surface area contributed by atoms with Gasteiger partial charge in [-0.15, -0.1) is 0 Å². The first-order chi connectivity index (χ1) is 15.2. The fraction of sp³-hybridized carbons (Fsp3) is 0.417. The van der Waals surface area contributed by atoms with Crippen molar-refractivity contribution >= 4 is 29.4 Å². The van der Waals surface area contributed by atoms with E-state index in [1.54, 1.807) is 6.20 Å². The Morgan fingerprint density at radius 3 is 2.53 bits per heavy atom. The normalized spacial score (nSPS) is 22.1. The van der Waals surface area contributed by atoms with Gasteiger partial charge in [-0.2, -0.15) is 0 Å². The van der Waals surface area contributed by atoms with Crippen molar-refractivity contribution in [2.75, 3.05) is 11.4 Å². The van der Waals surface area contributed by atoms with Crippen LogP contribution in [0.3, 0.4) is 0 Å². The Morgan fingerprint density at radius 1 is 1.03 bits per heavy atom. The molecule has 0 spiro atoms. The second-order valence-electron chi connectivity index (χ2n) is 9.54. The van der Waals surface area contributed by atoms with Crippen molar-refractivity contribution in [2.24, 2.45) is 0 Å². The third kappa shape index (κ3) is 3.46. The Morgan fingerprint density at radius 2 is 1.78 bits per heavy atom. The van der Waals surface area contributed by atoms with Gasteiger partial charge in [-0.3, -0.25) is 4.98 Å². The summed E-state index contributed by atoms with van der Waals surface area (Å²) in [6.45, 7) is 8.76. The second kappa shape index (κ2) is 7.49. The minimum Gasteiger partial charge on any atom is -0.399 e. The molecule has 32 heavy (non-hydrogen) atoms. The topological polar surface area (TPSA) is 47.5 Å². The van der Waals surface area contributed by atoms with Crippen LogP contribution in [0.5, 0.6) is 0 Å². The minimum atomic E-state index is -0.566. The van der Waals surface area contributed by atoms with Crippen LogP contribution in [0.2, 0.25) is 0 Å². The van der Waals surface area contributed by atoms with E-state index in [0.717, 1.165) is 29.9 Å². The summed E-state index contributed by atoms with van der Waals surface area (Å²) in [5, 5.41) is 0. The van der Waals surface area contributed by atoms with Crippen molar-refractivity contribution in [1.82, 2.24) is 9.97 Å². The molecule has 2 saturated heterocycles. The number of rotatable bonds is 3. The number of fused-ring (bicyclic) bond motifs is 1. The van der Waals surface area contributed by atoms with Crippen molar-refractivity contribution < 1.29 is 18.1 Å². The highest BCUT2D eigenvalue weighted by molar-refractivity contribution is 6.64. The molecule has 2 fully saturated rings. The van der Waals surface area contributed by atoms with E-state index in [9.17, 15) is 8.78 Å². The van der Waals surface area contributed by atoms with E-state index in [0.29, 0.717) is 23.4 Å². The molecule has 5 rings (SSSR count). The molecule has 0 amide bonds. The molecule has 166 valence electrons. The molecular weight excluding hydrogens is 411 g/mol. The molecule has 0 saturated carbocycles. The van der Waals surface area contributed by atoms with Crippen molar-refractivity contribution in [1.29, 1.82) is 0 Å². The summed E-state index contributed by atoms with van der Waals surface area (Å²) >= 11 is 0. The Labute approximate surface area is 186 Å². The molecule has 1 atom stereocenters. The Kier molecular flexibility index (Phi) is 4.98. The first-order valence-electron chi connectivity index (χ1n) is 11.0. The highest BCUT2D eigenvalue weighted by Crippen LogP contribution is 2.38. The summed E-state index contributed by atoms with van der Waals surface area (Å²) in [5.41, 5.74) is 1.65. The number of pyridine rings is 2. The van der Waals surface area contributed by atoms with Gasteiger partial charge in [-0.1, -0.05) is 0 Å². The van der Waals surface area contributed by atoms with E-state index in [2.05, 4.69) is 4.98 Å². The molecule has 0 bridgehead atoms. The molecule has 8 heteroatoms. The quantitative estimate of drug-likeness (QED) is 0.563. The Hall–Kier alpha value is -2.58. The summed E-state index contributed by atoms with van der Waals surface area (Å²) in [7, 11) is -0.566. The second-order valence-corrected chi connectivity index (χ2v) is 9.54. The van der Waals surface area contributed by atoms with Gasteiger partial charge in [0.2, 0.25) is 0 Å². The van der Waals surface area contributed by atoms with Gasteiger partial charge in [0.15, 0.2) is 0 Å². The highest BCUT2D eigenvalue weighted by atomic mass is 19.1. The standard InChI is InChI=1S/C24H26BF2N3O2/c1-23(2)24(3,4)32-25(31-23)17-11-12-28-19-9-10-21(29-22(17)19)30-13-5-6-20(30)16-14-15(26)7-8-18(16)27/h7-12,14,20H,5-6,13H2,1-4H3/t20-/m1/s1. The molecule has 2 aromatic heterocycles. The van der Waals surface area contributed by atoms with Gasteiger partial charge in [0.05, 0.1) is 28.3 Å². The number of halogens is 2. The van der Waals surface area contributed by atoms with Gasteiger partial charge >= 0.3 is 7.12 Å². The minimum absolute atomic E-state index is 0.271. The first-order valence-corrected chi connectivity index (χ1v) is 11.0. The predicted octanol–water partition coefficient (Wildman–Crippen LogP) is 4.55. The maximum absolute atomic E-state index is 14.5. The number of hydrogen-bond acceptors (Lipinski definition) is 5. The third-order valence-electron chi connectivity index (χ3n) is 6.97. The number of benzene rings is 1. The van der Waals surface area contributed by atoms with Gasteiger partial charge in [-0.05, 0) is 76.9 Å². The Bertz CT molecular complexity index is 1170. The van der Waals surface area contributed by atoms with Crippen molar-refractivity contribution in [2.45, 2.75) is 57.8 Å². The van der Waals surface area contributed by atoms with Crippen LogP contribution in [0.15, 0.2) is 42.6 Å². The average Bonchev–Trinajstić information content (AvgIpc) is 3.31. The summed E-state index contributed by atoms with van der Waals surface area (Å²) in [4.78, 5) is 11.4. The molecule has 2 aliphatic rings.